The van der Waals surface area contributed by atoms with Gasteiger partial charge in [0.2, 0.25) is 5.88 Å². The molecule has 17 heavy (non-hydrogen) atoms. The molecule has 0 aliphatic carbocycles. The first kappa shape index (κ1) is 11.4. The number of hydrogen-bond donors (Lipinski definition) is 1. The van der Waals surface area contributed by atoms with Gasteiger partial charge < -0.3 is 10.5 Å². The highest BCUT2D eigenvalue weighted by atomic mass is 79.9. The second kappa shape index (κ2) is 4.85. The quantitative estimate of drug-likeness (QED) is 0.922. The third kappa shape index (κ3) is 2.74. The zero-order chi connectivity index (χ0) is 12.3. The van der Waals surface area contributed by atoms with Crippen molar-refractivity contribution in [1.82, 2.24) is 4.98 Å². The second-order valence-corrected chi connectivity index (χ2v) is 4.17. The minimum Gasteiger partial charge on any atom is -0.439 e. The number of nitrogens with two attached hydrogens (primary N) is 1. The van der Waals surface area contributed by atoms with E-state index in [4.69, 9.17) is 15.7 Å². The first-order valence-corrected chi connectivity index (χ1v) is 5.58. The summed E-state index contributed by atoms with van der Waals surface area (Å²) in [5.74, 6) is 0.981. The molecule has 0 bridgehead atoms. The number of halogens is 1. The lowest BCUT2D eigenvalue weighted by atomic mass is 10.3. The van der Waals surface area contributed by atoms with Crippen molar-refractivity contribution < 1.29 is 4.74 Å². The number of nitrogen functional groups attached to an aromatic ring is 1. The summed E-state index contributed by atoms with van der Waals surface area (Å²) in [4.78, 5) is 3.99. The second-order valence-electron chi connectivity index (χ2n) is 3.26. The highest BCUT2D eigenvalue weighted by molar-refractivity contribution is 9.10. The van der Waals surface area contributed by atoms with Crippen LogP contribution in [-0.2, 0) is 0 Å². The van der Waals surface area contributed by atoms with E-state index in [-0.39, 0.29) is 5.69 Å². The summed E-state index contributed by atoms with van der Waals surface area (Å²) < 4.78 is 6.42. The summed E-state index contributed by atoms with van der Waals surface area (Å²) >= 11 is 3.34. The topological polar surface area (TPSA) is 71.9 Å². The average Bonchev–Trinajstić information content (AvgIpc) is 2.32. The molecule has 2 aromatic rings. The van der Waals surface area contributed by atoms with E-state index in [9.17, 15) is 0 Å². The summed E-state index contributed by atoms with van der Waals surface area (Å²) in [5.41, 5.74) is 6.08. The van der Waals surface area contributed by atoms with Crippen molar-refractivity contribution in [3.05, 3.63) is 46.6 Å². The fourth-order valence-electron chi connectivity index (χ4n) is 1.25. The molecule has 0 unspecified atom stereocenters. The van der Waals surface area contributed by atoms with Crippen LogP contribution in [0.1, 0.15) is 5.69 Å². The van der Waals surface area contributed by atoms with Crippen LogP contribution >= 0.6 is 15.9 Å². The molecule has 5 heteroatoms. The maximum Gasteiger partial charge on any atom is 0.220 e. The van der Waals surface area contributed by atoms with Gasteiger partial charge >= 0.3 is 0 Å². The Balaban J connectivity index is 2.28. The van der Waals surface area contributed by atoms with Gasteiger partial charge in [-0.15, -0.1) is 0 Å². The van der Waals surface area contributed by atoms with Crippen molar-refractivity contribution in [2.75, 3.05) is 5.73 Å². The maximum atomic E-state index is 8.80. The lowest BCUT2D eigenvalue weighted by molar-refractivity contribution is 0.462. The van der Waals surface area contributed by atoms with Crippen molar-refractivity contribution in [1.29, 1.82) is 5.26 Å². The van der Waals surface area contributed by atoms with Crippen LogP contribution in [-0.4, -0.2) is 4.98 Å². The Morgan fingerprint density at radius 1 is 1.29 bits per heavy atom. The molecule has 4 nitrogen and oxygen atoms in total. The monoisotopic (exact) mass is 289 g/mol. The number of rotatable bonds is 2. The molecule has 2 N–H and O–H groups in total. The van der Waals surface area contributed by atoms with Gasteiger partial charge in [0.15, 0.2) is 5.69 Å². The number of anilines is 1. The fraction of sp³-hybridized carbons (Fsp3) is 0. The SMILES string of the molecule is N#Cc1nc(Oc2cccc(Br)c2)ccc1N. The first-order valence-electron chi connectivity index (χ1n) is 4.79. The van der Waals surface area contributed by atoms with Gasteiger partial charge in [-0.25, -0.2) is 4.98 Å². The molecule has 0 radical (unpaired) electrons. The van der Waals surface area contributed by atoms with Crippen molar-refractivity contribution in [3.63, 3.8) is 0 Å². The van der Waals surface area contributed by atoms with Crippen LogP contribution in [0.15, 0.2) is 40.9 Å². The van der Waals surface area contributed by atoms with Crippen molar-refractivity contribution in [2.24, 2.45) is 0 Å². The van der Waals surface area contributed by atoms with Crippen LogP contribution in [0.25, 0.3) is 0 Å². The number of ether oxygens (including phenoxy) is 1. The third-order valence-corrected chi connectivity index (χ3v) is 2.52. The Hall–Kier alpha value is -2.06. The van der Waals surface area contributed by atoms with Crippen molar-refractivity contribution in [3.8, 4) is 17.7 Å². The van der Waals surface area contributed by atoms with Crippen LogP contribution in [0.2, 0.25) is 0 Å². The summed E-state index contributed by atoms with van der Waals surface area (Å²) in [6, 6.07) is 12.5. The zero-order valence-electron chi connectivity index (χ0n) is 8.72. The molecule has 1 heterocycles. The standard InChI is InChI=1S/C12H8BrN3O/c13-8-2-1-3-9(6-8)17-12-5-4-10(15)11(7-14)16-12/h1-6H,15H2. The molecule has 1 aromatic heterocycles. The summed E-state index contributed by atoms with van der Waals surface area (Å²) in [6.07, 6.45) is 0. The molecule has 1 aromatic carbocycles. The third-order valence-electron chi connectivity index (χ3n) is 2.03. The lowest BCUT2D eigenvalue weighted by Crippen LogP contribution is -1.96. The van der Waals surface area contributed by atoms with Gasteiger partial charge in [0, 0.05) is 10.5 Å². The summed E-state index contributed by atoms with van der Waals surface area (Å²) in [5, 5.41) is 8.80. The molecular weight excluding hydrogens is 282 g/mol. The van der Waals surface area contributed by atoms with Gasteiger partial charge in [-0.05, 0) is 24.3 Å². The van der Waals surface area contributed by atoms with E-state index in [2.05, 4.69) is 20.9 Å². The molecule has 0 aliphatic heterocycles. The summed E-state index contributed by atoms with van der Waals surface area (Å²) in [6.45, 7) is 0. The average molecular weight is 290 g/mol. The molecular formula is C12H8BrN3O. The Bertz CT molecular complexity index is 593. The largest absolute Gasteiger partial charge is 0.439 e. The molecule has 0 amide bonds. The molecule has 0 saturated carbocycles. The van der Waals surface area contributed by atoms with Gasteiger partial charge in [-0.1, -0.05) is 22.0 Å². The van der Waals surface area contributed by atoms with E-state index < -0.39 is 0 Å². The van der Waals surface area contributed by atoms with Gasteiger partial charge in [-0.2, -0.15) is 5.26 Å². The Morgan fingerprint density at radius 2 is 2.12 bits per heavy atom. The molecule has 0 aliphatic rings. The smallest absolute Gasteiger partial charge is 0.220 e. The molecule has 2 rings (SSSR count). The van der Waals surface area contributed by atoms with E-state index in [0.29, 0.717) is 17.3 Å². The number of hydrogen-bond acceptors (Lipinski definition) is 4. The Kier molecular flexibility index (Phi) is 3.26. The molecule has 84 valence electrons. The normalized spacial score (nSPS) is 9.65. The van der Waals surface area contributed by atoms with E-state index in [1.54, 1.807) is 18.2 Å². The lowest BCUT2D eigenvalue weighted by Gasteiger charge is -2.05. The van der Waals surface area contributed by atoms with E-state index in [0.717, 1.165) is 4.47 Å². The van der Waals surface area contributed by atoms with Crippen LogP contribution in [0, 0.1) is 11.3 Å². The van der Waals surface area contributed by atoms with Gasteiger partial charge in [0.25, 0.3) is 0 Å². The van der Waals surface area contributed by atoms with Crippen LogP contribution in [0.5, 0.6) is 11.6 Å². The first-order chi connectivity index (χ1) is 8.19. The minimum absolute atomic E-state index is 0.164. The zero-order valence-corrected chi connectivity index (χ0v) is 10.3. The number of nitriles is 1. The molecule has 0 atom stereocenters. The number of benzene rings is 1. The minimum atomic E-state index is 0.164. The van der Waals surface area contributed by atoms with Crippen LogP contribution < -0.4 is 10.5 Å². The number of pyridine rings is 1. The Labute approximate surface area is 107 Å². The van der Waals surface area contributed by atoms with Gasteiger partial charge in [-0.3, -0.25) is 0 Å². The fourth-order valence-corrected chi connectivity index (χ4v) is 1.63. The molecule has 0 spiro atoms. The van der Waals surface area contributed by atoms with Crippen molar-refractivity contribution in [2.45, 2.75) is 0 Å². The maximum absolute atomic E-state index is 8.80. The van der Waals surface area contributed by atoms with Gasteiger partial charge in [0.1, 0.15) is 11.8 Å². The van der Waals surface area contributed by atoms with E-state index >= 15 is 0 Å². The van der Waals surface area contributed by atoms with Crippen molar-refractivity contribution >= 4 is 21.6 Å². The Morgan fingerprint density at radius 3 is 2.82 bits per heavy atom. The number of nitrogens with zero attached hydrogens (tertiary/aromatic N) is 2. The number of aromatic nitrogens is 1. The van der Waals surface area contributed by atoms with Crippen LogP contribution in [0.4, 0.5) is 5.69 Å². The molecule has 0 fully saturated rings. The van der Waals surface area contributed by atoms with E-state index in [1.165, 1.54) is 0 Å². The van der Waals surface area contributed by atoms with Gasteiger partial charge in [0.05, 0.1) is 5.69 Å². The highest BCUT2D eigenvalue weighted by Crippen LogP contribution is 2.24. The summed E-state index contributed by atoms with van der Waals surface area (Å²) in [7, 11) is 0. The van der Waals surface area contributed by atoms with Crippen LogP contribution in [0.3, 0.4) is 0 Å². The molecule has 0 saturated heterocycles. The predicted molar refractivity (Wildman–Crippen MR) is 67.6 cm³/mol. The van der Waals surface area contributed by atoms with E-state index in [1.807, 2.05) is 24.3 Å². The highest BCUT2D eigenvalue weighted by Gasteiger charge is 2.04. The predicted octanol–water partition coefficient (Wildman–Crippen LogP) is 3.09.